The van der Waals surface area contributed by atoms with Crippen LogP contribution in [0.1, 0.15) is 42.5 Å². The van der Waals surface area contributed by atoms with Crippen LogP contribution in [-0.2, 0) is 26.4 Å². The first-order valence-corrected chi connectivity index (χ1v) is 11.7. The largest absolute Gasteiger partial charge is 0.497 e. The molecule has 5 rings (SSSR count). The summed E-state index contributed by atoms with van der Waals surface area (Å²) >= 11 is 0. The highest BCUT2D eigenvalue weighted by atomic mass is 16.5. The second kappa shape index (κ2) is 8.61. The van der Waals surface area contributed by atoms with Gasteiger partial charge in [-0.3, -0.25) is 19.4 Å². The molecule has 1 aromatic carbocycles. The fraction of sp³-hybridized carbons (Fsp3) is 0.346. The first-order valence-electron chi connectivity index (χ1n) is 11.7. The Kier molecular flexibility index (Phi) is 5.65. The van der Waals surface area contributed by atoms with Gasteiger partial charge >= 0.3 is 12.0 Å². The van der Waals surface area contributed by atoms with Crippen LogP contribution in [0.15, 0.2) is 47.0 Å². The van der Waals surface area contributed by atoms with E-state index in [1.165, 1.54) is 12.0 Å². The summed E-state index contributed by atoms with van der Waals surface area (Å²) in [4.78, 5) is 59.0. The van der Waals surface area contributed by atoms with Gasteiger partial charge in [0, 0.05) is 24.4 Å². The SMILES string of the molecule is COc1ccc2c(c1)C(=O)N(C[C@@]1(c3cc4ncccc4o3)NC(=O)N(COC(=O)C(C)(C)C)C1=O)C2. The summed E-state index contributed by atoms with van der Waals surface area (Å²) in [6.45, 7) is 4.43. The van der Waals surface area contributed by atoms with Gasteiger partial charge in [0.15, 0.2) is 17.9 Å². The average Bonchev–Trinajstić information content (AvgIpc) is 3.50. The molecular weight excluding hydrogens is 480 g/mol. The zero-order chi connectivity index (χ0) is 26.5. The van der Waals surface area contributed by atoms with Gasteiger partial charge in [-0.05, 0) is 50.6 Å². The average molecular weight is 507 g/mol. The molecule has 1 saturated heterocycles. The number of esters is 1. The van der Waals surface area contributed by atoms with Crippen molar-refractivity contribution in [3.63, 3.8) is 0 Å². The fourth-order valence-electron chi connectivity index (χ4n) is 4.40. The van der Waals surface area contributed by atoms with E-state index in [0.29, 0.717) is 22.4 Å². The van der Waals surface area contributed by atoms with Crippen LogP contribution in [0.5, 0.6) is 5.75 Å². The Morgan fingerprint density at radius 1 is 1.19 bits per heavy atom. The van der Waals surface area contributed by atoms with Crippen LogP contribution in [0, 0.1) is 5.41 Å². The van der Waals surface area contributed by atoms with Crippen LogP contribution < -0.4 is 10.1 Å². The highest BCUT2D eigenvalue weighted by molar-refractivity contribution is 6.08. The lowest BCUT2D eigenvalue weighted by atomic mass is 9.95. The highest BCUT2D eigenvalue weighted by Gasteiger charge is 2.57. The highest BCUT2D eigenvalue weighted by Crippen LogP contribution is 2.36. The molecule has 2 aliphatic heterocycles. The van der Waals surface area contributed by atoms with Gasteiger partial charge in [0.2, 0.25) is 0 Å². The van der Waals surface area contributed by atoms with Crippen molar-refractivity contribution in [2.75, 3.05) is 20.4 Å². The fourth-order valence-corrected chi connectivity index (χ4v) is 4.40. The van der Waals surface area contributed by atoms with E-state index in [9.17, 15) is 19.2 Å². The van der Waals surface area contributed by atoms with E-state index in [2.05, 4.69) is 10.3 Å². The predicted molar refractivity (Wildman–Crippen MR) is 129 cm³/mol. The summed E-state index contributed by atoms with van der Waals surface area (Å²) in [5.74, 6) is -0.950. The molecule has 37 heavy (non-hydrogen) atoms. The molecule has 0 radical (unpaired) electrons. The van der Waals surface area contributed by atoms with Crippen LogP contribution >= 0.6 is 0 Å². The number of amides is 4. The quantitative estimate of drug-likeness (QED) is 0.399. The summed E-state index contributed by atoms with van der Waals surface area (Å²) in [6, 6.07) is 9.35. The number of carbonyl (C=O) groups excluding carboxylic acids is 4. The number of nitrogens with one attached hydrogen (secondary N) is 1. The number of urea groups is 1. The van der Waals surface area contributed by atoms with Crippen molar-refractivity contribution in [1.29, 1.82) is 0 Å². The number of hydrogen-bond donors (Lipinski definition) is 1. The maximum Gasteiger partial charge on any atom is 0.328 e. The van der Waals surface area contributed by atoms with Crippen molar-refractivity contribution in [2.45, 2.75) is 32.9 Å². The molecule has 0 bridgehead atoms. The molecule has 1 fully saturated rings. The van der Waals surface area contributed by atoms with Crippen molar-refractivity contribution in [3.05, 3.63) is 59.5 Å². The Labute approximate surface area is 212 Å². The molecule has 2 aliphatic rings. The van der Waals surface area contributed by atoms with E-state index >= 15 is 0 Å². The van der Waals surface area contributed by atoms with Gasteiger partial charge in [-0.2, -0.15) is 0 Å². The molecule has 0 spiro atoms. The minimum absolute atomic E-state index is 0.116. The van der Waals surface area contributed by atoms with E-state index in [-0.39, 0.29) is 24.8 Å². The van der Waals surface area contributed by atoms with Gasteiger partial charge in [0.25, 0.3) is 11.8 Å². The van der Waals surface area contributed by atoms with Gasteiger partial charge in [-0.1, -0.05) is 6.07 Å². The lowest BCUT2D eigenvalue weighted by Gasteiger charge is -2.29. The second-order valence-corrected chi connectivity index (χ2v) is 10.1. The summed E-state index contributed by atoms with van der Waals surface area (Å²) in [6.07, 6.45) is 1.58. The normalized spacial score (nSPS) is 19.4. The number of nitrogens with zero attached hydrogens (tertiary/aromatic N) is 3. The van der Waals surface area contributed by atoms with Crippen LogP contribution in [-0.4, -0.2) is 59.0 Å². The zero-order valence-electron chi connectivity index (χ0n) is 20.9. The van der Waals surface area contributed by atoms with Gasteiger partial charge < -0.3 is 24.1 Å². The zero-order valence-corrected chi connectivity index (χ0v) is 20.9. The number of imide groups is 1. The number of pyridine rings is 1. The number of methoxy groups -OCH3 is 1. The van der Waals surface area contributed by atoms with E-state index < -0.39 is 35.6 Å². The third kappa shape index (κ3) is 4.05. The third-order valence-corrected chi connectivity index (χ3v) is 6.44. The standard InChI is InChI=1S/C26H26N4O7/c1-25(2,3)23(33)36-14-30-22(32)26(28-24(30)34,20-11-18-19(37-20)6-5-9-27-18)13-29-12-15-7-8-16(35-4)10-17(15)21(29)31/h5-11H,12-14H2,1-4H3,(H,28,34)/t26-/m0/s1. The molecule has 2 aromatic heterocycles. The van der Waals surface area contributed by atoms with E-state index in [4.69, 9.17) is 13.9 Å². The molecule has 0 unspecified atom stereocenters. The Hall–Kier alpha value is -4.41. The Balaban J connectivity index is 1.50. The molecule has 1 N–H and O–H groups in total. The van der Waals surface area contributed by atoms with Crippen LogP contribution in [0.3, 0.4) is 0 Å². The predicted octanol–water partition coefficient (Wildman–Crippen LogP) is 2.79. The molecular formula is C26H26N4O7. The van der Waals surface area contributed by atoms with E-state index in [1.807, 2.05) is 0 Å². The van der Waals surface area contributed by atoms with E-state index in [1.54, 1.807) is 63.4 Å². The molecule has 0 aliphatic carbocycles. The number of hydrogen-bond acceptors (Lipinski definition) is 8. The van der Waals surface area contributed by atoms with Crippen LogP contribution in [0.25, 0.3) is 11.1 Å². The van der Waals surface area contributed by atoms with Crippen LogP contribution in [0.4, 0.5) is 4.79 Å². The molecule has 11 heteroatoms. The maximum atomic E-state index is 13.9. The Morgan fingerprint density at radius 2 is 1.97 bits per heavy atom. The van der Waals surface area contributed by atoms with Crippen molar-refractivity contribution >= 4 is 34.9 Å². The van der Waals surface area contributed by atoms with Gasteiger partial charge in [0.05, 0.1) is 19.1 Å². The van der Waals surface area contributed by atoms with E-state index in [0.717, 1.165) is 10.5 Å². The monoisotopic (exact) mass is 506 g/mol. The minimum atomic E-state index is -1.76. The number of fused-ring (bicyclic) bond motifs is 2. The Bertz CT molecular complexity index is 1410. The topological polar surface area (TPSA) is 131 Å². The smallest absolute Gasteiger partial charge is 0.328 e. The minimum Gasteiger partial charge on any atom is -0.497 e. The molecule has 0 saturated carbocycles. The number of rotatable bonds is 6. The van der Waals surface area contributed by atoms with Crippen molar-refractivity contribution in [2.24, 2.45) is 5.41 Å². The molecule has 4 amide bonds. The van der Waals surface area contributed by atoms with Crippen molar-refractivity contribution in [3.8, 4) is 5.75 Å². The number of ether oxygens (including phenoxy) is 2. The first kappa shape index (κ1) is 24.3. The second-order valence-electron chi connectivity index (χ2n) is 10.1. The molecule has 11 nitrogen and oxygen atoms in total. The van der Waals surface area contributed by atoms with Gasteiger partial charge in [-0.15, -0.1) is 0 Å². The Morgan fingerprint density at radius 3 is 2.68 bits per heavy atom. The number of furan rings is 1. The first-order chi connectivity index (χ1) is 17.5. The molecule has 3 aromatic rings. The summed E-state index contributed by atoms with van der Waals surface area (Å²) in [7, 11) is 1.51. The summed E-state index contributed by atoms with van der Waals surface area (Å²) in [5.41, 5.74) is -0.466. The van der Waals surface area contributed by atoms with Gasteiger partial charge in [0.1, 0.15) is 17.0 Å². The number of carbonyl (C=O) groups is 4. The number of benzene rings is 1. The molecule has 192 valence electrons. The van der Waals surface area contributed by atoms with Crippen LogP contribution in [0.2, 0.25) is 0 Å². The lowest BCUT2D eigenvalue weighted by molar-refractivity contribution is -0.158. The van der Waals surface area contributed by atoms with Crippen molar-refractivity contribution in [1.82, 2.24) is 20.1 Å². The van der Waals surface area contributed by atoms with Crippen molar-refractivity contribution < 1.29 is 33.1 Å². The summed E-state index contributed by atoms with van der Waals surface area (Å²) in [5, 5.41) is 2.71. The van der Waals surface area contributed by atoms with Gasteiger partial charge in [-0.25, -0.2) is 9.69 Å². The maximum absolute atomic E-state index is 13.9. The molecule has 4 heterocycles. The third-order valence-electron chi connectivity index (χ3n) is 6.44. The summed E-state index contributed by atoms with van der Waals surface area (Å²) < 4.78 is 16.5. The molecule has 1 atom stereocenters. The number of aromatic nitrogens is 1. The lowest BCUT2D eigenvalue weighted by Crippen LogP contribution is -2.52.